The molecule has 0 unspecified atom stereocenters. The van der Waals surface area contributed by atoms with Crippen molar-refractivity contribution in [1.82, 2.24) is 15.3 Å². The molecule has 3 aromatic rings. The molecule has 0 aliphatic carbocycles. The van der Waals surface area contributed by atoms with Gasteiger partial charge in [-0.25, -0.2) is 9.97 Å². The van der Waals surface area contributed by atoms with Crippen LogP contribution in [0, 0.1) is 6.92 Å². The van der Waals surface area contributed by atoms with Crippen molar-refractivity contribution in [2.24, 2.45) is 0 Å². The zero-order chi connectivity index (χ0) is 19.2. The van der Waals surface area contributed by atoms with E-state index in [1.165, 1.54) is 0 Å². The quantitative estimate of drug-likeness (QED) is 0.727. The van der Waals surface area contributed by atoms with Crippen LogP contribution < -0.4 is 15.0 Å². The van der Waals surface area contributed by atoms with E-state index in [4.69, 9.17) is 4.74 Å². The standard InChI is InChI=1S/C21H22N4O2/c1-15-23-18(13-20(24-15)25(2)17-10-5-4-6-11-17)21(26)22-14-16-9-7-8-12-19(16)27-3/h4-13H,14H2,1-3H3,(H,22,26). The van der Waals surface area contributed by atoms with Gasteiger partial charge in [0.05, 0.1) is 7.11 Å². The van der Waals surface area contributed by atoms with Crippen LogP contribution in [0.3, 0.4) is 0 Å². The molecule has 138 valence electrons. The fourth-order valence-corrected chi connectivity index (χ4v) is 2.74. The normalized spacial score (nSPS) is 10.3. The van der Waals surface area contributed by atoms with Gasteiger partial charge in [-0.3, -0.25) is 4.79 Å². The molecule has 2 aromatic carbocycles. The van der Waals surface area contributed by atoms with Gasteiger partial charge in [0.2, 0.25) is 0 Å². The zero-order valence-electron chi connectivity index (χ0n) is 15.6. The number of nitrogens with one attached hydrogen (secondary N) is 1. The Kier molecular flexibility index (Phi) is 5.66. The predicted molar refractivity (Wildman–Crippen MR) is 105 cm³/mol. The van der Waals surface area contributed by atoms with Crippen LogP contribution in [0.15, 0.2) is 60.7 Å². The predicted octanol–water partition coefficient (Wildman–Crippen LogP) is 3.49. The van der Waals surface area contributed by atoms with Crippen molar-refractivity contribution in [1.29, 1.82) is 0 Å². The molecule has 0 fully saturated rings. The zero-order valence-corrected chi connectivity index (χ0v) is 15.6. The van der Waals surface area contributed by atoms with Crippen LogP contribution in [0.4, 0.5) is 11.5 Å². The Labute approximate surface area is 158 Å². The fourth-order valence-electron chi connectivity index (χ4n) is 2.74. The van der Waals surface area contributed by atoms with Gasteiger partial charge in [0.15, 0.2) is 0 Å². The molecule has 0 aliphatic heterocycles. The van der Waals surface area contributed by atoms with Crippen LogP contribution in [0.5, 0.6) is 5.75 Å². The van der Waals surface area contributed by atoms with E-state index in [0.29, 0.717) is 23.9 Å². The number of rotatable bonds is 6. The number of aryl methyl sites for hydroxylation is 1. The molecule has 6 nitrogen and oxygen atoms in total. The second-order valence-electron chi connectivity index (χ2n) is 6.05. The summed E-state index contributed by atoms with van der Waals surface area (Å²) < 4.78 is 5.32. The molecule has 1 heterocycles. The highest BCUT2D eigenvalue weighted by atomic mass is 16.5. The number of para-hydroxylation sites is 2. The van der Waals surface area contributed by atoms with Crippen LogP contribution in [0.1, 0.15) is 21.9 Å². The number of hydrogen-bond donors (Lipinski definition) is 1. The van der Waals surface area contributed by atoms with Gasteiger partial charge in [0.1, 0.15) is 23.1 Å². The lowest BCUT2D eigenvalue weighted by Crippen LogP contribution is -2.25. The first-order valence-electron chi connectivity index (χ1n) is 8.63. The molecule has 0 spiro atoms. The van der Waals surface area contributed by atoms with Crippen molar-refractivity contribution in [3.63, 3.8) is 0 Å². The Balaban J connectivity index is 1.78. The van der Waals surface area contributed by atoms with E-state index in [1.807, 2.05) is 66.5 Å². The molecule has 0 saturated heterocycles. The second-order valence-corrected chi connectivity index (χ2v) is 6.05. The molecule has 0 bridgehead atoms. The first-order valence-corrected chi connectivity index (χ1v) is 8.63. The van der Waals surface area contributed by atoms with E-state index in [-0.39, 0.29) is 5.91 Å². The summed E-state index contributed by atoms with van der Waals surface area (Å²) in [7, 11) is 3.52. The van der Waals surface area contributed by atoms with Crippen molar-refractivity contribution >= 4 is 17.4 Å². The number of amides is 1. The average molecular weight is 362 g/mol. The molecule has 27 heavy (non-hydrogen) atoms. The monoisotopic (exact) mass is 362 g/mol. The van der Waals surface area contributed by atoms with Gasteiger partial charge in [0, 0.05) is 30.9 Å². The highest BCUT2D eigenvalue weighted by Gasteiger charge is 2.14. The van der Waals surface area contributed by atoms with Crippen molar-refractivity contribution < 1.29 is 9.53 Å². The average Bonchev–Trinajstić information content (AvgIpc) is 2.71. The lowest BCUT2D eigenvalue weighted by molar-refractivity contribution is 0.0945. The minimum atomic E-state index is -0.255. The molecule has 0 saturated carbocycles. The van der Waals surface area contributed by atoms with E-state index < -0.39 is 0 Å². The Morgan fingerprint density at radius 2 is 1.78 bits per heavy atom. The summed E-state index contributed by atoms with van der Waals surface area (Å²) in [4.78, 5) is 23.3. The minimum absolute atomic E-state index is 0.255. The number of hydrogen-bond acceptors (Lipinski definition) is 5. The maximum atomic E-state index is 12.6. The smallest absolute Gasteiger partial charge is 0.270 e. The largest absolute Gasteiger partial charge is 0.496 e. The summed E-state index contributed by atoms with van der Waals surface area (Å²) in [5.41, 5.74) is 2.21. The van der Waals surface area contributed by atoms with Crippen molar-refractivity contribution in [3.05, 3.63) is 77.7 Å². The molecule has 0 atom stereocenters. The van der Waals surface area contributed by atoms with Gasteiger partial charge in [0.25, 0.3) is 5.91 Å². The van der Waals surface area contributed by atoms with E-state index in [2.05, 4.69) is 15.3 Å². The van der Waals surface area contributed by atoms with Gasteiger partial charge < -0.3 is 15.0 Å². The lowest BCUT2D eigenvalue weighted by atomic mass is 10.2. The van der Waals surface area contributed by atoms with Gasteiger partial charge in [-0.05, 0) is 25.1 Å². The molecule has 0 radical (unpaired) electrons. The minimum Gasteiger partial charge on any atom is -0.496 e. The molecule has 1 aromatic heterocycles. The number of ether oxygens (including phenoxy) is 1. The topological polar surface area (TPSA) is 67.3 Å². The van der Waals surface area contributed by atoms with Crippen LogP contribution in [0.25, 0.3) is 0 Å². The summed E-state index contributed by atoms with van der Waals surface area (Å²) >= 11 is 0. The fraction of sp³-hybridized carbons (Fsp3) is 0.190. The lowest BCUT2D eigenvalue weighted by Gasteiger charge is -2.19. The number of carbonyl (C=O) groups excluding carboxylic acids is 1. The molecule has 6 heteroatoms. The first kappa shape index (κ1) is 18.4. The van der Waals surface area contributed by atoms with E-state index in [0.717, 1.165) is 17.0 Å². The summed E-state index contributed by atoms with van der Waals surface area (Å²) in [6, 6.07) is 19.1. The number of carbonyl (C=O) groups is 1. The van der Waals surface area contributed by atoms with Gasteiger partial charge >= 0.3 is 0 Å². The second kappa shape index (κ2) is 8.31. The highest BCUT2D eigenvalue weighted by molar-refractivity contribution is 5.93. The summed E-state index contributed by atoms with van der Waals surface area (Å²) in [5, 5.41) is 2.90. The summed E-state index contributed by atoms with van der Waals surface area (Å²) in [5.74, 6) is 1.68. The van der Waals surface area contributed by atoms with Crippen LogP contribution >= 0.6 is 0 Å². The van der Waals surface area contributed by atoms with E-state index in [1.54, 1.807) is 20.1 Å². The Morgan fingerprint density at radius 1 is 1.07 bits per heavy atom. The Bertz CT molecular complexity index is 928. The molecule has 1 N–H and O–H groups in total. The van der Waals surface area contributed by atoms with Crippen molar-refractivity contribution in [2.75, 3.05) is 19.1 Å². The third-order valence-corrected chi connectivity index (χ3v) is 4.18. The summed E-state index contributed by atoms with van der Waals surface area (Å²) in [6.45, 7) is 2.13. The van der Waals surface area contributed by atoms with E-state index in [9.17, 15) is 4.79 Å². The highest BCUT2D eigenvalue weighted by Crippen LogP contribution is 2.22. The number of aromatic nitrogens is 2. The van der Waals surface area contributed by atoms with Gasteiger partial charge in [-0.15, -0.1) is 0 Å². The SMILES string of the molecule is COc1ccccc1CNC(=O)c1cc(N(C)c2ccccc2)nc(C)n1. The number of anilines is 2. The Morgan fingerprint density at radius 3 is 2.52 bits per heavy atom. The number of nitrogens with zero attached hydrogens (tertiary/aromatic N) is 3. The van der Waals surface area contributed by atoms with Crippen molar-refractivity contribution in [3.8, 4) is 5.75 Å². The molecular weight excluding hydrogens is 340 g/mol. The third-order valence-electron chi connectivity index (χ3n) is 4.18. The third kappa shape index (κ3) is 4.41. The van der Waals surface area contributed by atoms with Crippen LogP contribution in [0.2, 0.25) is 0 Å². The Hall–Kier alpha value is -3.41. The summed E-state index contributed by atoms with van der Waals surface area (Å²) in [6.07, 6.45) is 0. The maximum absolute atomic E-state index is 12.6. The van der Waals surface area contributed by atoms with Gasteiger partial charge in [-0.2, -0.15) is 0 Å². The molecule has 0 aliphatic rings. The maximum Gasteiger partial charge on any atom is 0.270 e. The van der Waals surface area contributed by atoms with Crippen molar-refractivity contribution in [2.45, 2.75) is 13.5 Å². The van der Waals surface area contributed by atoms with Crippen LogP contribution in [-0.2, 0) is 6.54 Å². The number of benzene rings is 2. The van der Waals surface area contributed by atoms with Crippen LogP contribution in [-0.4, -0.2) is 30.0 Å². The van der Waals surface area contributed by atoms with Gasteiger partial charge in [-0.1, -0.05) is 36.4 Å². The molecule has 3 rings (SSSR count). The van der Waals surface area contributed by atoms with E-state index >= 15 is 0 Å². The number of methoxy groups -OCH3 is 1. The first-order chi connectivity index (χ1) is 13.1. The molecular formula is C21H22N4O2. The molecule has 1 amide bonds.